The number of likely N-dealkylation sites (N-methyl/N-ethyl adjacent to an activating group) is 1. The maximum absolute atomic E-state index is 11.0. The third kappa shape index (κ3) is 4.65. The lowest BCUT2D eigenvalue weighted by atomic mass is 10.1. The molecule has 1 rings (SSSR count). The first-order chi connectivity index (χ1) is 9.49. The Morgan fingerprint density at radius 1 is 1.50 bits per heavy atom. The number of rotatable bonds is 8. The van der Waals surface area contributed by atoms with Crippen LogP contribution in [0.3, 0.4) is 0 Å². The van der Waals surface area contributed by atoms with Crippen molar-refractivity contribution in [3.05, 3.63) is 33.9 Å². The standard InChI is InChI=1S/C14H21ClN2O3/c1-4-5-8-16(2)10-12(15)11-6-7-14(20-3)13(9-11)17(18)19/h6-7,9,12H,4-5,8,10H2,1-3H3. The molecule has 1 aromatic carbocycles. The molecule has 112 valence electrons. The van der Waals surface area contributed by atoms with E-state index in [1.165, 1.54) is 13.2 Å². The zero-order valence-electron chi connectivity index (χ0n) is 12.1. The minimum atomic E-state index is -0.452. The number of methoxy groups -OCH3 is 1. The van der Waals surface area contributed by atoms with Gasteiger partial charge in [0.05, 0.1) is 17.4 Å². The average molecular weight is 301 g/mol. The van der Waals surface area contributed by atoms with E-state index in [0.717, 1.165) is 24.9 Å². The maximum Gasteiger partial charge on any atom is 0.311 e. The van der Waals surface area contributed by atoms with Crippen LogP contribution in [-0.2, 0) is 0 Å². The van der Waals surface area contributed by atoms with Crippen LogP contribution in [0.1, 0.15) is 30.7 Å². The van der Waals surface area contributed by atoms with E-state index in [4.69, 9.17) is 16.3 Å². The Kier molecular flexibility index (Phi) is 6.75. The highest BCUT2D eigenvalue weighted by molar-refractivity contribution is 6.21. The van der Waals surface area contributed by atoms with E-state index in [1.807, 2.05) is 7.05 Å². The molecule has 20 heavy (non-hydrogen) atoms. The van der Waals surface area contributed by atoms with Crippen LogP contribution in [0.25, 0.3) is 0 Å². The summed E-state index contributed by atoms with van der Waals surface area (Å²) in [5.41, 5.74) is 0.689. The second kappa shape index (κ2) is 8.07. The fourth-order valence-corrected chi connectivity index (χ4v) is 2.31. The summed E-state index contributed by atoms with van der Waals surface area (Å²) in [7, 11) is 3.42. The van der Waals surface area contributed by atoms with Crippen molar-refractivity contribution < 1.29 is 9.66 Å². The summed E-state index contributed by atoms with van der Waals surface area (Å²) in [5, 5.41) is 10.7. The Bertz CT molecular complexity index is 454. The van der Waals surface area contributed by atoms with Gasteiger partial charge in [0.1, 0.15) is 0 Å². The van der Waals surface area contributed by atoms with Crippen molar-refractivity contribution in [3.63, 3.8) is 0 Å². The predicted octanol–water partition coefficient (Wildman–Crippen LogP) is 3.62. The number of benzene rings is 1. The molecule has 0 radical (unpaired) electrons. The van der Waals surface area contributed by atoms with Crippen LogP contribution < -0.4 is 4.74 Å². The molecule has 0 aliphatic rings. The third-order valence-electron chi connectivity index (χ3n) is 3.13. The minimum Gasteiger partial charge on any atom is -0.490 e. The van der Waals surface area contributed by atoms with Gasteiger partial charge in [-0.3, -0.25) is 10.1 Å². The van der Waals surface area contributed by atoms with Crippen LogP contribution in [0.4, 0.5) is 5.69 Å². The monoisotopic (exact) mass is 300 g/mol. The first kappa shape index (κ1) is 16.7. The maximum atomic E-state index is 11.0. The molecule has 0 N–H and O–H groups in total. The Balaban J connectivity index is 2.80. The Hall–Kier alpha value is -1.33. The van der Waals surface area contributed by atoms with Gasteiger partial charge in [-0.2, -0.15) is 0 Å². The highest BCUT2D eigenvalue weighted by atomic mass is 35.5. The largest absolute Gasteiger partial charge is 0.490 e. The minimum absolute atomic E-state index is 0.0492. The second-order valence-electron chi connectivity index (χ2n) is 4.77. The summed E-state index contributed by atoms with van der Waals surface area (Å²) in [6, 6.07) is 4.86. The van der Waals surface area contributed by atoms with Gasteiger partial charge in [-0.05, 0) is 31.6 Å². The fraction of sp³-hybridized carbons (Fsp3) is 0.571. The molecule has 0 heterocycles. The highest BCUT2D eigenvalue weighted by Gasteiger charge is 2.19. The molecular weight excluding hydrogens is 280 g/mol. The predicted molar refractivity (Wildman–Crippen MR) is 80.6 cm³/mol. The molecule has 1 atom stereocenters. The third-order valence-corrected chi connectivity index (χ3v) is 3.52. The molecule has 0 fully saturated rings. The normalized spacial score (nSPS) is 12.4. The number of ether oxygens (including phenoxy) is 1. The van der Waals surface area contributed by atoms with E-state index in [-0.39, 0.29) is 16.8 Å². The van der Waals surface area contributed by atoms with Gasteiger partial charge in [0.15, 0.2) is 5.75 Å². The first-order valence-electron chi connectivity index (χ1n) is 6.64. The van der Waals surface area contributed by atoms with Crippen molar-refractivity contribution in [1.82, 2.24) is 4.90 Å². The molecule has 1 unspecified atom stereocenters. The quantitative estimate of drug-likeness (QED) is 0.418. The van der Waals surface area contributed by atoms with Crippen molar-refractivity contribution in [2.75, 3.05) is 27.2 Å². The zero-order chi connectivity index (χ0) is 15.1. The van der Waals surface area contributed by atoms with E-state index >= 15 is 0 Å². The van der Waals surface area contributed by atoms with Gasteiger partial charge in [0.25, 0.3) is 0 Å². The van der Waals surface area contributed by atoms with Gasteiger partial charge in [-0.15, -0.1) is 11.6 Å². The van der Waals surface area contributed by atoms with Crippen molar-refractivity contribution in [2.24, 2.45) is 0 Å². The van der Waals surface area contributed by atoms with E-state index in [9.17, 15) is 10.1 Å². The van der Waals surface area contributed by atoms with Gasteiger partial charge in [-0.1, -0.05) is 19.4 Å². The summed E-state index contributed by atoms with van der Waals surface area (Å²) in [6.07, 6.45) is 2.24. The first-order valence-corrected chi connectivity index (χ1v) is 7.08. The van der Waals surface area contributed by atoms with Crippen LogP contribution in [0.5, 0.6) is 5.75 Å². The van der Waals surface area contributed by atoms with Crippen LogP contribution in [-0.4, -0.2) is 37.1 Å². The van der Waals surface area contributed by atoms with Gasteiger partial charge in [-0.25, -0.2) is 0 Å². The number of unbranched alkanes of at least 4 members (excludes halogenated alkanes) is 1. The summed E-state index contributed by atoms with van der Waals surface area (Å²) in [4.78, 5) is 12.7. The lowest BCUT2D eigenvalue weighted by molar-refractivity contribution is -0.385. The lowest BCUT2D eigenvalue weighted by Gasteiger charge is -2.20. The second-order valence-corrected chi connectivity index (χ2v) is 5.30. The van der Waals surface area contributed by atoms with Crippen LogP contribution in [0.2, 0.25) is 0 Å². The number of hydrogen-bond donors (Lipinski definition) is 0. The highest BCUT2D eigenvalue weighted by Crippen LogP contribution is 2.32. The summed E-state index contributed by atoms with van der Waals surface area (Å²) in [5.74, 6) is 0.252. The van der Waals surface area contributed by atoms with E-state index in [2.05, 4.69) is 11.8 Å². The molecule has 0 bridgehead atoms. The van der Waals surface area contributed by atoms with Gasteiger partial charge >= 0.3 is 5.69 Å². The average Bonchev–Trinajstić information content (AvgIpc) is 2.44. The zero-order valence-corrected chi connectivity index (χ0v) is 12.9. The smallest absolute Gasteiger partial charge is 0.311 e. The van der Waals surface area contributed by atoms with Gasteiger partial charge in [0, 0.05) is 12.6 Å². The van der Waals surface area contributed by atoms with E-state index < -0.39 is 4.92 Å². The molecule has 0 saturated heterocycles. The Labute approximate surface area is 124 Å². The van der Waals surface area contributed by atoms with Crippen molar-refractivity contribution in [3.8, 4) is 5.75 Å². The molecule has 0 aliphatic carbocycles. The number of nitrogens with zero attached hydrogens (tertiary/aromatic N) is 2. The van der Waals surface area contributed by atoms with Crippen molar-refractivity contribution >= 4 is 17.3 Å². The molecule has 0 aromatic heterocycles. The summed E-state index contributed by atoms with van der Waals surface area (Å²) >= 11 is 6.35. The molecule has 0 saturated carbocycles. The molecule has 1 aromatic rings. The van der Waals surface area contributed by atoms with Crippen LogP contribution in [0.15, 0.2) is 18.2 Å². The van der Waals surface area contributed by atoms with E-state index in [1.54, 1.807) is 12.1 Å². The van der Waals surface area contributed by atoms with Crippen LogP contribution in [0, 0.1) is 10.1 Å². The summed E-state index contributed by atoms with van der Waals surface area (Å²) < 4.78 is 4.98. The fourth-order valence-electron chi connectivity index (χ4n) is 1.94. The molecule has 0 amide bonds. The van der Waals surface area contributed by atoms with Crippen molar-refractivity contribution in [2.45, 2.75) is 25.1 Å². The topological polar surface area (TPSA) is 55.6 Å². The van der Waals surface area contributed by atoms with E-state index in [0.29, 0.717) is 6.54 Å². The molecule has 0 spiro atoms. The number of alkyl halides is 1. The SMILES string of the molecule is CCCCN(C)CC(Cl)c1ccc(OC)c([N+](=O)[O-])c1. The van der Waals surface area contributed by atoms with Crippen LogP contribution >= 0.6 is 11.6 Å². The number of halogens is 1. The number of nitro groups is 1. The molecular formula is C14H21ClN2O3. The number of nitro benzene ring substituents is 1. The van der Waals surface area contributed by atoms with Crippen molar-refractivity contribution in [1.29, 1.82) is 0 Å². The lowest BCUT2D eigenvalue weighted by Crippen LogP contribution is -2.23. The number of hydrogen-bond acceptors (Lipinski definition) is 4. The molecule has 6 heteroatoms. The Morgan fingerprint density at radius 3 is 2.75 bits per heavy atom. The van der Waals surface area contributed by atoms with Gasteiger partial charge < -0.3 is 9.64 Å². The molecule has 0 aliphatic heterocycles. The Morgan fingerprint density at radius 2 is 2.20 bits per heavy atom. The summed E-state index contributed by atoms with van der Waals surface area (Å²) in [6.45, 7) is 3.77. The van der Waals surface area contributed by atoms with Gasteiger partial charge in [0.2, 0.25) is 0 Å². The molecule has 5 nitrogen and oxygen atoms in total.